The molecule has 1 rings (SSSR count). The molecule has 86 valence electrons. The number of carbonyl (C=O) groups is 3. The van der Waals surface area contributed by atoms with E-state index >= 15 is 0 Å². The minimum absolute atomic E-state index is 0.115. The molecule has 0 spiro atoms. The summed E-state index contributed by atoms with van der Waals surface area (Å²) in [6.07, 6.45) is -0.477. The topological polar surface area (TPSA) is 60.4 Å². The quantitative estimate of drug-likeness (QED) is 0.352. The molecule has 1 aromatic rings. The molecule has 0 saturated carbocycles. The van der Waals surface area contributed by atoms with Gasteiger partial charge < -0.3 is 4.74 Å². The molecule has 0 bridgehead atoms. The van der Waals surface area contributed by atoms with Gasteiger partial charge >= 0.3 is 5.97 Å². The van der Waals surface area contributed by atoms with Gasteiger partial charge in [-0.25, -0.2) is 4.79 Å². The van der Waals surface area contributed by atoms with Crippen LogP contribution in [0, 0.1) is 0 Å². The Balaban J connectivity index is 2.58. The van der Waals surface area contributed by atoms with Crippen molar-refractivity contribution in [3.05, 3.63) is 21.3 Å². The van der Waals surface area contributed by atoms with Crippen LogP contribution in [0.25, 0.3) is 0 Å². The van der Waals surface area contributed by atoms with E-state index in [1.54, 1.807) is 13.0 Å². The molecule has 0 aliphatic heterocycles. The third kappa shape index (κ3) is 3.43. The number of ether oxygens (including phenoxy) is 1. The van der Waals surface area contributed by atoms with Crippen LogP contribution in [0.15, 0.2) is 12.1 Å². The lowest BCUT2D eigenvalue weighted by molar-refractivity contribution is -0.153. The van der Waals surface area contributed by atoms with Crippen molar-refractivity contribution in [2.45, 2.75) is 13.3 Å². The number of halogens is 1. The summed E-state index contributed by atoms with van der Waals surface area (Å²) >= 11 is 6.72. The van der Waals surface area contributed by atoms with Gasteiger partial charge in [0.15, 0.2) is 5.78 Å². The highest BCUT2D eigenvalue weighted by Gasteiger charge is 2.20. The number of thiophene rings is 1. The SMILES string of the molecule is CCOC(=O)C(=O)CC(=O)c1ccc(Cl)s1. The molecule has 6 heteroatoms. The van der Waals surface area contributed by atoms with Gasteiger partial charge in [0.25, 0.3) is 0 Å². The van der Waals surface area contributed by atoms with Crippen molar-refractivity contribution in [1.29, 1.82) is 0 Å². The first-order valence-corrected chi connectivity index (χ1v) is 5.72. The van der Waals surface area contributed by atoms with E-state index in [4.69, 9.17) is 11.6 Å². The first-order chi connectivity index (χ1) is 7.54. The molecule has 0 N–H and O–H groups in total. The van der Waals surface area contributed by atoms with Gasteiger partial charge in [-0.05, 0) is 19.1 Å². The number of Topliss-reactive ketones (excluding diaryl/α,β-unsaturated/α-hetero) is 2. The molecule has 0 saturated heterocycles. The number of carbonyl (C=O) groups excluding carboxylic acids is 3. The minimum Gasteiger partial charge on any atom is -0.460 e. The molecule has 0 atom stereocenters. The molecule has 0 aromatic carbocycles. The first-order valence-electron chi connectivity index (χ1n) is 4.53. The van der Waals surface area contributed by atoms with Crippen LogP contribution >= 0.6 is 22.9 Å². The van der Waals surface area contributed by atoms with Gasteiger partial charge in [-0.1, -0.05) is 11.6 Å². The third-order valence-corrected chi connectivity index (χ3v) is 2.94. The summed E-state index contributed by atoms with van der Waals surface area (Å²) in [6.45, 7) is 1.70. The smallest absolute Gasteiger partial charge is 0.375 e. The van der Waals surface area contributed by atoms with Gasteiger partial charge in [0.2, 0.25) is 5.78 Å². The van der Waals surface area contributed by atoms with E-state index in [0.29, 0.717) is 9.21 Å². The summed E-state index contributed by atoms with van der Waals surface area (Å²) in [4.78, 5) is 34.0. The van der Waals surface area contributed by atoms with E-state index < -0.39 is 24.0 Å². The summed E-state index contributed by atoms with van der Waals surface area (Å²) < 4.78 is 4.95. The average Bonchev–Trinajstić information content (AvgIpc) is 2.65. The van der Waals surface area contributed by atoms with Gasteiger partial charge in [0.05, 0.1) is 22.2 Å². The Hall–Kier alpha value is -1.20. The van der Waals surface area contributed by atoms with Crippen molar-refractivity contribution in [2.24, 2.45) is 0 Å². The highest BCUT2D eigenvalue weighted by Crippen LogP contribution is 2.22. The Bertz CT molecular complexity index is 424. The largest absolute Gasteiger partial charge is 0.460 e. The Kier molecular flexibility index (Phi) is 4.64. The zero-order valence-electron chi connectivity index (χ0n) is 8.49. The molecule has 0 fully saturated rings. The Morgan fingerprint density at radius 2 is 2.06 bits per heavy atom. The van der Waals surface area contributed by atoms with Gasteiger partial charge in [-0.2, -0.15) is 0 Å². The van der Waals surface area contributed by atoms with Crippen LogP contribution in [0.4, 0.5) is 0 Å². The van der Waals surface area contributed by atoms with E-state index in [-0.39, 0.29) is 6.61 Å². The second-order valence-electron chi connectivity index (χ2n) is 2.85. The number of hydrogen-bond donors (Lipinski definition) is 0. The summed E-state index contributed by atoms with van der Waals surface area (Å²) in [7, 11) is 0. The zero-order chi connectivity index (χ0) is 12.1. The van der Waals surface area contributed by atoms with Crippen molar-refractivity contribution in [3.63, 3.8) is 0 Å². The zero-order valence-corrected chi connectivity index (χ0v) is 10.1. The van der Waals surface area contributed by atoms with Gasteiger partial charge in [-0.15, -0.1) is 11.3 Å². The number of hydrogen-bond acceptors (Lipinski definition) is 5. The van der Waals surface area contributed by atoms with Gasteiger partial charge in [0, 0.05) is 0 Å². The summed E-state index contributed by atoms with van der Waals surface area (Å²) in [5.74, 6) is -2.23. The van der Waals surface area contributed by atoms with Crippen LogP contribution in [0.3, 0.4) is 0 Å². The lowest BCUT2D eigenvalue weighted by Crippen LogP contribution is -2.20. The predicted molar refractivity (Wildman–Crippen MR) is 59.9 cm³/mol. The normalized spacial score (nSPS) is 9.88. The third-order valence-electron chi connectivity index (χ3n) is 1.67. The highest BCUT2D eigenvalue weighted by molar-refractivity contribution is 7.18. The number of esters is 1. The Labute approximate surface area is 101 Å². The second kappa shape index (κ2) is 5.77. The second-order valence-corrected chi connectivity index (χ2v) is 4.56. The molecule has 0 aliphatic carbocycles. The van der Waals surface area contributed by atoms with Crippen LogP contribution in [0.5, 0.6) is 0 Å². The maximum atomic E-state index is 11.5. The summed E-state index contributed by atoms with van der Waals surface area (Å²) in [5.41, 5.74) is 0. The first kappa shape index (κ1) is 12.9. The molecule has 1 heterocycles. The van der Waals surface area contributed by atoms with Gasteiger partial charge in [0.1, 0.15) is 0 Å². The molecular formula is C10H9ClO4S. The van der Waals surface area contributed by atoms with E-state index in [1.807, 2.05) is 0 Å². The molecule has 0 aliphatic rings. The molecular weight excluding hydrogens is 252 g/mol. The van der Waals surface area contributed by atoms with E-state index in [9.17, 15) is 14.4 Å². The van der Waals surface area contributed by atoms with Crippen molar-refractivity contribution >= 4 is 40.5 Å². The highest BCUT2D eigenvalue weighted by atomic mass is 35.5. The Morgan fingerprint density at radius 1 is 1.38 bits per heavy atom. The molecule has 1 aromatic heterocycles. The minimum atomic E-state index is -0.974. The molecule has 4 nitrogen and oxygen atoms in total. The predicted octanol–water partition coefficient (Wildman–Crippen LogP) is 2.11. The number of rotatable bonds is 5. The Morgan fingerprint density at radius 3 is 2.56 bits per heavy atom. The van der Waals surface area contributed by atoms with Crippen LogP contribution < -0.4 is 0 Å². The van der Waals surface area contributed by atoms with Crippen LogP contribution in [-0.2, 0) is 14.3 Å². The maximum absolute atomic E-state index is 11.5. The van der Waals surface area contributed by atoms with E-state index in [1.165, 1.54) is 6.07 Å². The maximum Gasteiger partial charge on any atom is 0.375 e. The monoisotopic (exact) mass is 260 g/mol. The lowest BCUT2D eigenvalue weighted by Gasteiger charge is -1.99. The summed E-state index contributed by atoms with van der Waals surface area (Å²) in [6, 6.07) is 3.09. The van der Waals surface area contributed by atoms with Crippen LogP contribution in [0.1, 0.15) is 23.0 Å². The lowest BCUT2D eigenvalue weighted by atomic mass is 10.2. The van der Waals surface area contributed by atoms with Crippen LogP contribution in [-0.4, -0.2) is 24.1 Å². The number of ketones is 2. The van der Waals surface area contributed by atoms with Crippen molar-refractivity contribution in [2.75, 3.05) is 6.61 Å². The molecule has 16 heavy (non-hydrogen) atoms. The van der Waals surface area contributed by atoms with Crippen LogP contribution in [0.2, 0.25) is 4.34 Å². The van der Waals surface area contributed by atoms with Crippen molar-refractivity contribution in [3.8, 4) is 0 Å². The van der Waals surface area contributed by atoms with E-state index in [2.05, 4.69) is 4.74 Å². The van der Waals surface area contributed by atoms with Gasteiger partial charge in [-0.3, -0.25) is 9.59 Å². The fraction of sp³-hybridized carbons (Fsp3) is 0.300. The standard InChI is InChI=1S/C10H9ClO4S/c1-2-15-10(14)7(13)5-6(12)8-3-4-9(11)16-8/h3-4H,2,5H2,1H3. The average molecular weight is 261 g/mol. The molecule has 0 radical (unpaired) electrons. The van der Waals surface area contributed by atoms with E-state index in [0.717, 1.165) is 11.3 Å². The molecule has 0 amide bonds. The summed E-state index contributed by atoms with van der Waals surface area (Å²) in [5, 5.41) is 0. The van der Waals surface area contributed by atoms with Crippen molar-refractivity contribution < 1.29 is 19.1 Å². The fourth-order valence-corrected chi connectivity index (χ4v) is 1.96. The molecule has 0 unspecified atom stereocenters. The van der Waals surface area contributed by atoms with Crippen molar-refractivity contribution in [1.82, 2.24) is 0 Å². The fourth-order valence-electron chi connectivity index (χ4n) is 0.981.